The number of nitrogens with zero attached hydrogens (tertiary/aromatic N) is 1. The van der Waals surface area contributed by atoms with Crippen molar-refractivity contribution in [2.45, 2.75) is 33.3 Å². The minimum Gasteiger partial charge on any atom is -0.444 e. The fourth-order valence-electron chi connectivity index (χ4n) is 1.57. The molecule has 1 aromatic carbocycles. The van der Waals surface area contributed by atoms with Gasteiger partial charge in [-0.1, -0.05) is 24.0 Å². The van der Waals surface area contributed by atoms with E-state index >= 15 is 0 Å². The first-order chi connectivity index (χ1) is 9.70. The van der Waals surface area contributed by atoms with E-state index in [-0.39, 0.29) is 12.2 Å². The zero-order chi connectivity index (χ0) is 16.0. The molecule has 21 heavy (non-hydrogen) atoms. The van der Waals surface area contributed by atoms with Gasteiger partial charge < -0.3 is 10.1 Å². The average molecular weight is 290 g/mol. The van der Waals surface area contributed by atoms with Gasteiger partial charge in [-0.2, -0.15) is 0 Å². The highest BCUT2D eigenvalue weighted by Crippen LogP contribution is 2.21. The number of carbonyl (C=O) groups is 1. The zero-order valence-electron chi connectivity index (χ0n) is 12.5. The highest BCUT2D eigenvalue weighted by molar-refractivity contribution is 5.68. The fraction of sp³-hybridized carbons (Fsp3) is 0.400. The van der Waals surface area contributed by atoms with Gasteiger partial charge in [-0.25, -0.2) is 4.79 Å². The molecule has 0 unspecified atom stereocenters. The number of para-hydroxylation sites is 1. The molecular formula is C15H18N2O4. The molecule has 0 aliphatic heterocycles. The molecule has 0 heterocycles. The number of hydrogen-bond acceptors (Lipinski definition) is 4. The third kappa shape index (κ3) is 5.53. The molecular weight excluding hydrogens is 272 g/mol. The SMILES string of the molecule is Cc1cccc(C#CCNC(=O)OC(C)(C)C)c1[N+](=O)[O-]. The van der Waals surface area contributed by atoms with Crippen molar-refractivity contribution in [2.75, 3.05) is 6.54 Å². The van der Waals surface area contributed by atoms with Crippen LogP contribution in [0.1, 0.15) is 31.9 Å². The number of hydrogen-bond donors (Lipinski definition) is 1. The van der Waals surface area contributed by atoms with Crippen LogP contribution in [0, 0.1) is 28.9 Å². The summed E-state index contributed by atoms with van der Waals surface area (Å²) in [7, 11) is 0. The maximum Gasteiger partial charge on any atom is 0.408 e. The number of amides is 1. The topological polar surface area (TPSA) is 81.5 Å². The summed E-state index contributed by atoms with van der Waals surface area (Å²) in [5.41, 5.74) is 0.285. The van der Waals surface area contributed by atoms with Crippen molar-refractivity contribution in [1.29, 1.82) is 0 Å². The van der Waals surface area contributed by atoms with Crippen LogP contribution in [0.4, 0.5) is 10.5 Å². The summed E-state index contributed by atoms with van der Waals surface area (Å²) in [4.78, 5) is 21.9. The van der Waals surface area contributed by atoms with Gasteiger partial charge >= 0.3 is 6.09 Å². The van der Waals surface area contributed by atoms with Gasteiger partial charge in [0, 0.05) is 5.56 Å². The first kappa shape index (κ1) is 16.5. The van der Waals surface area contributed by atoms with Gasteiger partial charge in [-0.15, -0.1) is 0 Å². The van der Waals surface area contributed by atoms with Gasteiger partial charge in [0.2, 0.25) is 0 Å². The van der Waals surface area contributed by atoms with E-state index in [0.29, 0.717) is 11.1 Å². The van der Waals surface area contributed by atoms with Crippen LogP contribution in [-0.4, -0.2) is 23.2 Å². The molecule has 0 fully saturated rings. The molecule has 6 nitrogen and oxygen atoms in total. The van der Waals surface area contributed by atoms with E-state index in [1.807, 2.05) is 0 Å². The van der Waals surface area contributed by atoms with Gasteiger partial charge in [-0.3, -0.25) is 10.1 Å². The molecule has 1 amide bonds. The number of alkyl carbamates (subject to hydrolysis) is 1. The number of aryl methyl sites for hydroxylation is 1. The van der Waals surface area contributed by atoms with Crippen LogP contribution in [0.3, 0.4) is 0 Å². The third-order valence-electron chi connectivity index (χ3n) is 2.36. The Morgan fingerprint density at radius 1 is 1.43 bits per heavy atom. The molecule has 1 rings (SSSR count). The van der Waals surface area contributed by atoms with Gasteiger partial charge in [0.1, 0.15) is 11.2 Å². The Labute approximate surface area is 123 Å². The van der Waals surface area contributed by atoms with Crippen molar-refractivity contribution in [2.24, 2.45) is 0 Å². The Bertz CT molecular complexity index is 606. The monoisotopic (exact) mass is 290 g/mol. The maximum atomic E-state index is 11.4. The Balaban J connectivity index is 2.71. The lowest BCUT2D eigenvalue weighted by atomic mass is 10.1. The molecule has 0 saturated heterocycles. The minimum absolute atomic E-state index is 0.0118. The molecule has 0 aliphatic rings. The third-order valence-corrected chi connectivity index (χ3v) is 2.36. The Morgan fingerprint density at radius 2 is 2.10 bits per heavy atom. The fourth-order valence-corrected chi connectivity index (χ4v) is 1.57. The predicted molar refractivity (Wildman–Crippen MR) is 78.9 cm³/mol. The maximum absolute atomic E-state index is 11.4. The standard InChI is InChI=1S/C15H18N2O4/c1-11-7-5-8-12(13(11)17(19)20)9-6-10-16-14(18)21-15(2,3)4/h5,7-8H,10H2,1-4H3,(H,16,18). The smallest absolute Gasteiger partial charge is 0.408 e. The van der Waals surface area contributed by atoms with Crippen molar-refractivity contribution in [3.8, 4) is 11.8 Å². The second-order valence-corrected chi connectivity index (χ2v) is 5.39. The molecule has 0 spiro atoms. The van der Waals surface area contributed by atoms with E-state index in [1.54, 1.807) is 45.9 Å². The van der Waals surface area contributed by atoms with E-state index in [1.165, 1.54) is 0 Å². The first-order valence-corrected chi connectivity index (χ1v) is 6.40. The second kappa shape index (κ2) is 6.75. The molecule has 0 bridgehead atoms. The second-order valence-electron chi connectivity index (χ2n) is 5.39. The van der Waals surface area contributed by atoms with Gasteiger partial charge in [0.25, 0.3) is 5.69 Å². The normalized spacial score (nSPS) is 10.3. The molecule has 0 aliphatic carbocycles. The molecule has 0 radical (unpaired) electrons. The van der Waals surface area contributed by atoms with Crippen molar-refractivity contribution < 1.29 is 14.5 Å². The number of nitro benzene ring substituents is 1. The molecule has 1 aromatic rings. The van der Waals surface area contributed by atoms with Gasteiger partial charge in [-0.05, 0) is 33.8 Å². The van der Waals surface area contributed by atoms with Crippen LogP contribution in [0.2, 0.25) is 0 Å². The minimum atomic E-state index is -0.577. The van der Waals surface area contributed by atoms with E-state index in [2.05, 4.69) is 17.2 Å². The van der Waals surface area contributed by atoms with Crippen molar-refractivity contribution in [3.05, 3.63) is 39.4 Å². The largest absolute Gasteiger partial charge is 0.444 e. The van der Waals surface area contributed by atoms with Crippen LogP contribution < -0.4 is 5.32 Å². The molecule has 0 aromatic heterocycles. The van der Waals surface area contributed by atoms with E-state index in [0.717, 1.165) is 0 Å². The molecule has 6 heteroatoms. The number of rotatable bonds is 2. The quantitative estimate of drug-likeness (QED) is 0.516. The lowest BCUT2D eigenvalue weighted by Gasteiger charge is -2.18. The summed E-state index contributed by atoms with van der Waals surface area (Å²) in [5.74, 6) is 5.37. The van der Waals surface area contributed by atoms with Gasteiger partial charge in [0.15, 0.2) is 0 Å². The Morgan fingerprint density at radius 3 is 2.67 bits per heavy atom. The molecule has 0 saturated carbocycles. The number of ether oxygens (including phenoxy) is 1. The summed E-state index contributed by atoms with van der Waals surface area (Å²) in [5, 5.41) is 13.5. The Kier molecular flexibility index (Phi) is 5.30. The lowest BCUT2D eigenvalue weighted by molar-refractivity contribution is -0.385. The Hall–Kier alpha value is -2.55. The number of carbonyl (C=O) groups excluding carboxylic acids is 1. The average Bonchev–Trinajstić information content (AvgIpc) is 2.32. The van der Waals surface area contributed by atoms with E-state index in [4.69, 9.17) is 4.74 Å². The summed E-state index contributed by atoms with van der Waals surface area (Å²) >= 11 is 0. The molecule has 1 N–H and O–H groups in total. The van der Waals surface area contributed by atoms with Crippen molar-refractivity contribution in [1.82, 2.24) is 5.32 Å². The summed E-state index contributed by atoms with van der Waals surface area (Å²) in [6.45, 7) is 6.99. The highest BCUT2D eigenvalue weighted by Gasteiger charge is 2.16. The summed E-state index contributed by atoms with van der Waals surface area (Å²) in [6.07, 6.45) is -0.574. The lowest BCUT2D eigenvalue weighted by Crippen LogP contribution is -2.32. The van der Waals surface area contributed by atoms with Crippen LogP contribution in [0.15, 0.2) is 18.2 Å². The highest BCUT2D eigenvalue weighted by atomic mass is 16.6. The summed E-state index contributed by atoms with van der Waals surface area (Å²) < 4.78 is 5.05. The number of nitro groups is 1. The number of nitrogens with one attached hydrogen (secondary N) is 1. The van der Waals surface area contributed by atoms with Crippen LogP contribution in [0.5, 0.6) is 0 Å². The molecule has 0 atom stereocenters. The molecule has 112 valence electrons. The van der Waals surface area contributed by atoms with Crippen LogP contribution in [0.25, 0.3) is 0 Å². The zero-order valence-corrected chi connectivity index (χ0v) is 12.5. The summed E-state index contributed by atoms with van der Waals surface area (Å²) in [6, 6.07) is 4.93. The van der Waals surface area contributed by atoms with Crippen molar-refractivity contribution in [3.63, 3.8) is 0 Å². The van der Waals surface area contributed by atoms with Crippen LogP contribution >= 0.6 is 0 Å². The van der Waals surface area contributed by atoms with Crippen molar-refractivity contribution >= 4 is 11.8 Å². The van der Waals surface area contributed by atoms with E-state index < -0.39 is 16.6 Å². The van der Waals surface area contributed by atoms with Crippen LogP contribution in [-0.2, 0) is 4.74 Å². The first-order valence-electron chi connectivity index (χ1n) is 6.40. The van der Waals surface area contributed by atoms with Gasteiger partial charge in [0.05, 0.1) is 11.5 Å². The number of benzene rings is 1. The van der Waals surface area contributed by atoms with E-state index in [9.17, 15) is 14.9 Å². The predicted octanol–water partition coefficient (Wildman–Crippen LogP) is 2.78.